The van der Waals surface area contributed by atoms with Crippen molar-refractivity contribution in [2.75, 3.05) is 6.54 Å². The van der Waals surface area contributed by atoms with E-state index < -0.39 is 17.8 Å². The Bertz CT molecular complexity index is 444. The zero-order valence-corrected chi connectivity index (χ0v) is 10.3. The van der Waals surface area contributed by atoms with Crippen molar-refractivity contribution in [1.82, 2.24) is 5.32 Å². The smallest absolute Gasteiger partial charge is 0.307 e. The van der Waals surface area contributed by atoms with Gasteiger partial charge in [-0.25, -0.2) is 0 Å². The number of nitrogens with one attached hydrogen (secondary N) is 1. The highest BCUT2D eigenvalue weighted by molar-refractivity contribution is 5.86. The van der Waals surface area contributed by atoms with Crippen molar-refractivity contribution in [1.29, 1.82) is 0 Å². The lowest BCUT2D eigenvalue weighted by atomic mass is 9.82. The maximum absolute atomic E-state index is 12.1. The van der Waals surface area contributed by atoms with Crippen molar-refractivity contribution < 1.29 is 14.7 Å². The van der Waals surface area contributed by atoms with E-state index in [-0.39, 0.29) is 17.7 Å². The third kappa shape index (κ3) is 2.26. The fourth-order valence-corrected chi connectivity index (χ4v) is 3.01. The van der Waals surface area contributed by atoms with Gasteiger partial charge in [0, 0.05) is 13.0 Å². The molecule has 1 amide bonds. The number of allylic oxidation sites excluding steroid dienone is 2. The molecular weight excluding hydrogens is 230 g/mol. The van der Waals surface area contributed by atoms with Gasteiger partial charge >= 0.3 is 5.97 Å². The lowest BCUT2D eigenvalue weighted by Gasteiger charge is -2.23. The number of aliphatic carboxylic acids is 1. The van der Waals surface area contributed by atoms with Crippen molar-refractivity contribution in [3.8, 4) is 11.8 Å². The highest BCUT2D eigenvalue weighted by atomic mass is 16.4. The number of amides is 1. The molecule has 4 atom stereocenters. The van der Waals surface area contributed by atoms with Gasteiger partial charge in [0.25, 0.3) is 0 Å². The second-order valence-electron chi connectivity index (χ2n) is 4.81. The summed E-state index contributed by atoms with van der Waals surface area (Å²) in [5, 5.41) is 12.0. The standard InChI is InChI=1S/C14H17NO3/c1-2-3-4-7-15-13(16)11-9-5-6-10(8-9)12(11)14(17)18/h5-6,9-12H,4,7-8H2,1H3,(H,15,16)(H,17,18)/t9?,10?,11-,12+/m0/s1. The molecule has 0 aromatic carbocycles. The molecule has 4 heteroatoms. The molecule has 2 aliphatic rings. The van der Waals surface area contributed by atoms with Crippen LogP contribution < -0.4 is 5.32 Å². The molecule has 0 aliphatic heterocycles. The second kappa shape index (κ2) is 5.26. The third-order valence-electron chi connectivity index (χ3n) is 3.77. The maximum atomic E-state index is 12.1. The summed E-state index contributed by atoms with van der Waals surface area (Å²) >= 11 is 0. The van der Waals surface area contributed by atoms with Crippen LogP contribution >= 0.6 is 0 Å². The van der Waals surface area contributed by atoms with E-state index in [1.807, 2.05) is 12.2 Å². The van der Waals surface area contributed by atoms with Crippen molar-refractivity contribution in [2.45, 2.75) is 19.8 Å². The molecule has 2 unspecified atom stereocenters. The average molecular weight is 247 g/mol. The zero-order chi connectivity index (χ0) is 13.1. The molecule has 2 bridgehead atoms. The molecule has 18 heavy (non-hydrogen) atoms. The first kappa shape index (κ1) is 12.7. The molecule has 1 fully saturated rings. The minimum atomic E-state index is -0.861. The predicted octanol–water partition coefficient (Wildman–Crippen LogP) is 1.04. The van der Waals surface area contributed by atoms with Crippen molar-refractivity contribution in [2.24, 2.45) is 23.7 Å². The van der Waals surface area contributed by atoms with Crippen LogP contribution in [0.3, 0.4) is 0 Å². The first-order valence-electron chi connectivity index (χ1n) is 6.23. The minimum Gasteiger partial charge on any atom is -0.481 e. The topological polar surface area (TPSA) is 66.4 Å². The van der Waals surface area contributed by atoms with Crippen molar-refractivity contribution in [3.05, 3.63) is 12.2 Å². The highest BCUT2D eigenvalue weighted by Crippen LogP contribution is 2.48. The number of carbonyl (C=O) groups is 2. The zero-order valence-electron chi connectivity index (χ0n) is 10.3. The number of rotatable bonds is 4. The van der Waals surface area contributed by atoms with Crippen LogP contribution in [0.15, 0.2) is 12.2 Å². The molecule has 4 nitrogen and oxygen atoms in total. The van der Waals surface area contributed by atoms with Crippen LogP contribution in [0.4, 0.5) is 0 Å². The minimum absolute atomic E-state index is 0.0266. The van der Waals surface area contributed by atoms with Gasteiger partial charge in [-0.1, -0.05) is 12.2 Å². The second-order valence-corrected chi connectivity index (χ2v) is 4.81. The molecule has 0 aromatic rings. The van der Waals surface area contributed by atoms with E-state index in [0.29, 0.717) is 13.0 Å². The van der Waals surface area contributed by atoms with Gasteiger partial charge in [-0.15, -0.1) is 11.8 Å². The van der Waals surface area contributed by atoms with E-state index in [9.17, 15) is 14.7 Å². The summed E-state index contributed by atoms with van der Waals surface area (Å²) in [4.78, 5) is 23.3. The van der Waals surface area contributed by atoms with Gasteiger partial charge in [0.15, 0.2) is 0 Å². The summed E-state index contributed by atoms with van der Waals surface area (Å²) in [5.74, 6) is 3.77. The molecule has 0 aromatic heterocycles. The van der Waals surface area contributed by atoms with Crippen LogP contribution in [0.2, 0.25) is 0 Å². The number of carboxylic acids is 1. The molecular formula is C14H17NO3. The van der Waals surface area contributed by atoms with Gasteiger partial charge in [-0.2, -0.15) is 0 Å². The first-order chi connectivity index (χ1) is 8.65. The molecule has 2 N–H and O–H groups in total. The highest BCUT2D eigenvalue weighted by Gasteiger charge is 2.51. The molecule has 0 saturated heterocycles. The maximum Gasteiger partial charge on any atom is 0.307 e. The summed E-state index contributed by atoms with van der Waals surface area (Å²) < 4.78 is 0. The van der Waals surface area contributed by atoms with E-state index in [1.165, 1.54) is 0 Å². The van der Waals surface area contributed by atoms with Gasteiger partial charge in [0.2, 0.25) is 5.91 Å². The Labute approximate surface area is 106 Å². The predicted molar refractivity (Wildman–Crippen MR) is 66.4 cm³/mol. The number of hydrogen-bond acceptors (Lipinski definition) is 2. The summed E-state index contributed by atoms with van der Waals surface area (Å²) in [6.45, 7) is 2.24. The Morgan fingerprint density at radius 1 is 1.33 bits per heavy atom. The fourth-order valence-electron chi connectivity index (χ4n) is 3.01. The van der Waals surface area contributed by atoms with Gasteiger partial charge in [0.1, 0.15) is 0 Å². The lowest BCUT2D eigenvalue weighted by molar-refractivity contribution is -0.147. The van der Waals surface area contributed by atoms with Crippen LogP contribution in [-0.2, 0) is 9.59 Å². The lowest BCUT2D eigenvalue weighted by Crippen LogP contribution is -2.40. The Kier molecular flexibility index (Phi) is 3.71. The van der Waals surface area contributed by atoms with E-state index in [4.69, 9.17) is 0 Å². The average Bonchev–Trinajstić information content (AvgIpc) is 2.94. The van der Waals surface area contributed by atoms with Crippen LogP contribution in [0.1, 0.15) is 19.8 Å². The molecule has 0 spiro atoms. The summed E-state index contributed by atoms with van der Waals surface area (Å²) in [6.07, 6.45) is 5.33. The molecule has 2 rings (SSSR count). The Hall–Kier alpha value is -1.76. The monoisotopic (exact) mass is 247 g/mol. The van der Waals surface area contributed by atoms with E-state index in [2.05, 4.69) is 17.2 Å². The van der Waals surface area contributed by atoms with E-state index in [1.54, 1.807) is 6.92 Å². The van der Waals surface area contributed by atoms with Crippen LogP contribution in [0.5, 0.6) is 0 Å². The molecule has 96 valence electrons. The first-order valence-corrected chi connectivity index (χ1v) is 6.23. The number of carboxylic acid groups (broad SMARTS) is 1. The Balaban J connectivity index is 1.98. The number of fused-ring (bicyclic) bond motifs is 2. The van der Waals surface area contributed by atoms with E-state index in [0.717, 1.165) is 6.42 Å². The SMILES string of the molecule is CC#CCCNC(=O)[C@H]1C2C=CC(C2)[C@H]1C(=O)O. The normalized spacial score (nSPS) is 31.8. The van der Waals surface area contributed by atoms with Crippen molar-refractivity contribution in [3.63, 3.8) is 0 Å². The van der Waals surface area contributed by atoms with E-state index >= 15 is 0 Å². The number of carbonyl (C=O) groups excluding carboxylic acids is 1. The number of hydrogen-bond donors (Lipinski definition) is 2. The molecule has 0 radical (unpaired) electrons. The molecule has 1 saturated carbocycles. The van der Waals surface area contributed by atoms with Crippen LogP contribution in [-0.4, -0.2) is 23.5 Å². The van der Waals surface area contributed by atoms with Gasteiger partial charge in [0.05, 0.1) is 11.8 Å². The van der Waals surface area contributed by atoms with Gasteiger partial charge < -0.3 is 10.4 Å². The van der Waals surface area contributed by atoms with Crippen LogP contribution in [0.25, 0.3) is 0 Å². The van der Waals surface area contributed by atoms with Gasteiger partial charge in [-0.05, 0) is 25.2 Å². The quantitative estimate of drug-likeness (QED) is 0.443. The summed E-state index contributed by atoms with van der Waals surface area (Å²) in [6, 6.07) is 0. The Morgan fingerprint density at radius 3 is 2.61 bits per heavy atom. The third-order valence-corrected chi connectivity index (χ3v) is 3.77. The van der Waals surface area contributed by atoms with Crippen LogP contribution in [0, 0.1) is 35.5 Å². The molecule has 0 heterocycles. The largest absolute Gasteiger partial charge is 0.481 e. The summed E-state index contributed by atoms with van der Waals surface area (Å²) in [5.41, 5.74) is 0. The fraction of sp³-hybridized carbons (Fsp3) is 0.571. The van der Waals surface area contributed by atoms with Gasteiger partial charge in [-0.3, -0.25) is 9.59 Å². The Morgan fingerprint density at radius 2 is 2.00 bits per heavy atom. The summed E-state index contributed by atoms with van der Waals surface area (Å²) in [7, 11) is 0. The van der Waals surface area contributed by atoms with Crippen molar-refractivity contribution >= 4 is 11.9 Å². The molecule has 2 aliphatic carbocycles.